The normalized spacial score (nSPS) is 13.6. The van der Waals surface area contributed by atoms with Gasteiger partial charge in [0.2, 0.25) is 5.69 Å². The van der Waals surface area contributed by atoms with Crippen molar-refractivity contribution in [3.05, 3.63) is 66.0 Å². The Balaban J connectivity index is 1.51. The van der Waals surface area contributed by atoms with Gasteiger partial charge in [0.05, 0.1) is 19.8 Å². The van der Waals surface area contributed by atoms with Crippen molar-refractivity contribution in [2.75, 3.05) is 43.2 Å². The second-order valence-corrected chi connectivity index (χ2v) is 7.29. The van der Waals surface area contributed by atoms with Crippen molar-refractivity contribution in [2.45, 2.75) is 13.3 Å². The van der Waals surface area contributed by atoms with E-state index in [-0.39, 0.29) is 0 Å². The van der Waals surface area contributed by atoms with Gasteiger partial charge in [0.25, 0.3) is 0 Å². The summed E-state index contributed by atoms with van der Waals surface area (Å²) in [4.78, 5) is 15.7. The molecule has 0 amide bonds. The monoisotopic (exact) mass is 419 g/mol. The second kappa shape index (κ2) is 9.99. The lowest BCUT2D eigenvalue weighted by atomic mass is 10.2. The van der Waals surface area contributed by atoms with Crippen LogP contribution in [0.3, 0.4) is 0 Å². The molecule has 0 atom stereocenters. The van der Waals surface area contributed by atoms with Gasteiger partial charge in [-0.25, -0.2) is 0 Å². The minimum atomic E-state index is 0.320. The van der Waals surface area contributed by atoms with Gasteiger partial charge in [-0.2, -0.15) is 9.97 Å². The van der Waals surface area contributed by atoms with Crippen molar-refractivity contribution >= 4 is 24.0 Å². The average molecular weight is 420 g/mol. The Bertz CT molecular complexity index is 1020. The third-order valence-corrected chi connectivity index (χ3v) is 4.91. The minimum Gasteiger partial charge on any atom is -0.463 e. The summed E-state index contributed by atoms with van der Waals surface area (Å²) in [5.41, 5.74) is 6.29. The van der Waals surface area contributed by atoms with Crippen LogP contribution in [0, 0.1) is 6.92 Å². The molecule has 8 nitrogen and oxygen atoms in total. The number of benzene rings is 1. The molecular formula is C23H27N6O2+. The van der Waals surface area contributed by atoms with Gasteiger partial charge in [-0.05, 0) is 24.6 Å². The lowest BCUT2D eigenvalue weighted by Gasteiger charge is -2.28. The zero-order valence-electron chi connectivity index (χ0n) is 17.7. The van der Waals surface area contributed by atoms with Crippen LogP contribution < -0.4 is 15.1 Å². The van der Waals surface area contributed by atoms with Crippen LogP contribution >= 0.6 is 0 Å². The number of rotatable bonds is 8. The molecule has 2 aromatic heterocycles. The van der Waals surface area contributed by atoms with Crippen LogP contribution in [0.15, 0.2) is 54.7 Å². The number of hydrogen-bond acceptors (Lipinski definition) is 7. The van der Waals surface area contributed by atoms with Crippen LogP contribution in [0.25, 0.3) is 0 Å². The molecule has 8 heteroatoms. The first-order valence-corrected chi connectivity index (χ1v) is 10.4. The van der Waals surface area contributed by atoms with E-state index in [2.05, 4.69) is 32.0 Å². The predicted octanol–water partition coefficient (Wildman–Crippen LogP) is 3.01. The highest BCUT2D eigenvalue weighted by Crippen LogP contribution is 2.22. The summed E-state index contributed by atoms with van der Waals surface area (Å²) < 4.78 is 13.1. The van der Waals surface area contributed by atoms with E-state index in [1.54, 1.807) is 10.9 Å². The molecule has 1 fully saturated rings. The van der Waals surface area contributed by atoms with Crippen molar-refractivity contribution in [2.24, 2.45) is 0 Å². The molecule has 1 N–H and O–H groups in total. The minimum absolute atomic E-state index is 0.320. The van der Waals surface area contributed by atoms with Gasteiger partial charge in [0, 0.05) is 49.6 Å². The van der Waals surface area contributed by atoms with Gasteiger partial charge >= 0.3 is 6.01 Å². The summed E-state index contributed by atoms with van der Waals surface area (Å²) in [6, 6.07) is 16.1. The summed E-state index contributed by atoms with van der Waals surface area (Å²) in [7, 11) is 0. The maximum Gasteiger partial charge on any atom is 0.320 e. The molecule has 0 radical (unpaired) electrons. The molecule has 3 aromatic rings. The van der Waals surface area contributed by atoms with Gasteiger partial charge in [-0.15, -0.1) is 5.43 Å². The molecule has 1 aromatic carbocycles. The summed E-state index contributed by atoms with van der Waals surface area (Å²) in [6.07, 6.45) is 2.46. The number of hydrazone groups is 1. The van der Waals surface area contributed by atoms with E-state index >= 15 is 0 Å². The van der Waals surface area contributed by atoms with Crippen LogP contribution in [0.4, 0.5) is 17.3 Å². The molecule has 3 heterocycles. The summed E-state index contributed by atoms with van der Waals surface area (Å²) >= 11 is 0. The number of morpholine rings is 1. The number of aryl methyl sites for hydroxylation is 1. The highest BCUT2D eigenvalue weighted by Gasteiger charge is 2.18. The van der Waals surface area contributed by atoms with E-state index in [0.29, 0.717) is 38.1 Å². The fourth-order valence-corrected chi connectivity index (χ4v) is 3.28. The van der Waals surface area contributed by atoms with Crippen molar-refractivity contribution in [1.82, 2.24) is 15.0 Å². The first-order valence-electron chi connectivity index (χ1n) is 10.4. The number of ether oxygens (including phenoxy) is 2. The van der Waals surface area contributed by atoms with Crippen LogP contribution in [-0.4, -0.2) is 59.3 Å². The quantitative estimate of drug-likeness (QED) is 0.342. The van der Waals surface area contributed by atoms with Crippen LogP contribution in [0.5, 0.6) is 6.01 Å². The molecule has 0 bridgehead atoms. The molecule has 0 unspecified atom stereocenters. The zero-order valence-corrected chi connectivity index (χ0v) is 17.7. The molecule has 0 spiro atoms. The smallest absolute Gasteiger partial charge is 0.320 e. The largest absolute Gasteiger partial charge is 0.463 e. The summed E-state index contributed by atoms with van der Waals surface area (Å²) in [5.74, 6) is 1.41. The Kier molecular flexibility index (Phi) is 6.68. The molecule has 160 valence electrons. The fourth-order valence-electron chi connectivity index (χ4n) is 3.28. The number of anilines is 2. The van der Waals surface area contributed by atoms with Gasteiger partial charge in [-0.3, -0.25) is 4.98 Å². The number of hydrazine groups is 1. The number of nitrogens with zero attached hydrogens (tertiary/aromatic N) is 5. The highest BCUT2D eigenvalue weighted by molar-refractivity contribution is 5.50. The molecule has 0 aliphatic carbocycles. The lowest BCUT2D eigenvalue weighted by molar-refractivity contribution is -0.395. The van der Waals surface area contributed by atoms with E-state index in [1.165, 1.54) is 0 Å². The number of pyridine rings is 1. The van der Waals surface area contributed by atoms with E-state index in [1.807, 2.05) is 55.5 Å². The Morgan fingerprint density at radius 2 is 2.00 bits per heavy atom. The first kappa shape index (κ1) is 20.7. The highest BCUT2D eigenvalue weighted by atomic mass is 16.5. The van der Waals surface area contributed by atoms with Gasteiger partial charge in [0.15, 0.2) is 12.5 Å². The third-order valence-electron chi connectivity index (χ3n) is 4.91. The number of nitrogens with one attached hydrogen (secondary N) is 1. The van der Waals surface area contributed by atoms with Crippen molar-refractivity contribution < 1.29 is 14.2 Å². The SMILES string of the molecule is C=[N+](Nc1cc(N2CCOCC2)nc(OCCc2ccccn2)n1)c1cccc(C)c1. The van der Waals surface area contributed by atoms with Crippen molar-refractivity contribution in [1.29, 1.82) is 0 Å². The van der Waals surface area contributed by atoms with Crippen LogP contribution in [0.2, 0.25) is 0 Å². The molecule has 1 aliphatic rings. The van der Waals surface area contributed by atoms with Gasteiger partial charge in [-0.1, -0.05) is 22.9 Å². The van der Waals surface area contributed by atoms with Crippen LogP contribution in [-0.2, 0) is 11.2 Å². The third kappa shape index (κ3) is 5.76. The Morgan fingerprint density at radius 1 is 1.13 bits per heavy atom. The molecule has 0 saturated carbocycles. The molecule has 1 aliphatic heterocycles. The summed E-state index contributed by atoms with van der Waals surface area (Å²) in [6.45, 7) is 9.48. The molecule has 31 heavy (non-hydrogen) atoms. The van der Waals surface area contributed by atoms with Crippen molar-refractivity contribution in [3.8, 4) is 6.01 Å². The first-order chi connectivity index (χ1) is 15.2. The summed E-state index contributed by atoms with van der Waals surface area (Å²) in [5, 5.41) is 0. The van der Waals surface area contributed by atoms with E-state index < -0.39 is 0 Å². The number of hydrogen-bond donors (Lipinski definition) is 1. The van der Waals surface area contributed by atoms with Gasteiger partial charge in [0.1, 0.15) is 5.82 Å². The molecule has 4 rings (SSSR count). The Labute approximate surface area is 182 Å². The Morgan fingerprint density at radius 3 is 2.77 bits per heavy atom. The molecular weight excluding hydrogens is 392 g/mol. The van der Waals surface area contributed by atoms with E-state index in [0.717, 1.165) is 35.9 Å². The fraction of sp³-hybridized carbons (Fsp3) is 0.304. The predicted molar refractivity (Wildman–Crippen MR) is 120 cm³/mol. The maximum atomic E-state index is 5.89. The second-order valence-electron chi connectivity index (χ2n) is 7.29. The van der Waals surface area contributed by atoms with Gasteiger partial charge < -0.3 is 14.4 Å². The Hall–Kier alpha value is -3.52. The standard InChI is InChI=1S/C23H27N6O2/c1-18-6-5-8-20(16-18)28(2)27-21-17-22(29-11-14-30-15-12-29)26-23(25-21)31-13-9-19-7-3-4-10-24-19/h3-8,10,16-17H,2,9,11-15H2,1H3,(H,25,26,27)/q+1. The van der Waals surface area contributed by atoms with Crippen molar-refractivity contribution in [3.63, 3.8) is 0 Å². The van der Waals surface area contributed by atoms with E-state index in [9.17, 15) is 0 Å². The van der Waals surface area contributed by atoms with Crippen LogP contribution in [0.1, 0.15) is 11.3 Å². The topological polar surface area (TPSA) is 75.4 Å². The lowest BCUT2D eigenvalue weighted by Crippen LogP contribution is -2.37. The van der Waals surface area contributed by atoms with E-state index in [4.69, 9.17) is 9.47 Å². The molecule has 1 saturated heterocycles. The average Bonchev–Trinajstić information content (AvgIpc) is 2.80. The number of aromatic nitrogens is 3. The maximum absolute atomic E-state index is 5.89. The zero-order chi connectivity index (χ0) is 21.5.